The summed E-state index contributed by atoms with van der Waals surface area (Å²) in [6, 6.07) is 13.3. The Labute approximate surface area is 140 Å². The van der Waals surface area contributed by atoms with E-state index < -0.39 is 0 Å². The zero-order valence-electron chi connectivity index (χ0n) is 13.0. The number of carbonyl (C=O) groups excluding carboxylic acids is 1. The summed E-state index contributed by atoms with van der Waals surface area (Å²) in [5.41, 5.74) is 8.91. The number of nitrogens with zero attached hydrogens (tertiary/aromatic N) is 1. The fourth-order valence-corrected chi connectivity index (χ4v) is 2.76. The number of rotatable bonds is 4. The predicted molar refractivity (Wildman–Crippen MR) is 91.8 cm³/mol. The number of hydrogen-bond acceptors (Lipinski definition) is 3. The van der Waals surface area contributed by atoms with Crippen LogP contribution in [-0.4, -0.2) is 12.5 Å². The van der Waals surface area contributed by atoms with Crippen LogP contribution in [0.1, 0.15) is 30.5 Å². The van der Waals surface area contributed by atoms with Gasteiger partial charge in [0.1, 0.15) is 5.75 Å². The largest absolute Gasteiger partial charge is 0.482 e. The summed E-state index contributed by atoms with van der Waals surface area (Å²) >= 11 is 5.92. The van der Waals surface area contributed by atoms with E-state index in [1.165, 1.54) is 0 Å². The van der Waals surface area contributed by atoms with Gasteiger partial charge < -0.3 is 15.4 Å². The number of hydrogen-bond donors (Lipinski definition) is 1. The van der Waals surface area contributed by atoms with E-state index in [1.807, 2.05) is 49.4 Å². The molecule has 0 saturated carbocycles. The molecule has 1 heterocycles. The molecule has 3 rings (SSSR count). The smallest absolute Gasteiger partial charge is 0.265 e. The molecule has 2 aromatic carbocycles. The topological polar surface area (TPSA) is 55.6 Å². The average Bonchev–Trinajstić information content (AvgIpc) is 2.58. The first-order valence-corrected chi connectivity index (χ1v) is 8.03. The second kappa shape index (κ2) is 6.60. The number of carbonyl (C=O) groups is 1. The third-order valence-corrected chi connectivity index (χ3v) is 4.30. The van der Waals surface area contributed by atoms with Crippen LogP contribution in [0.25, 0.3) is 0 Å². The van der Waals surface area contributed by atoms with E-state index in [2.05, 4.69) is 0 Å². The lowest BCUT2D eigenvalue weighted by Crippen LogP contribution is -2.38. The van der Waals surface area contributed by atoms with Crippen molar-refractivity contribution < 1.29 is 9.53 Å². The van der Waals surface area contributed by atoms with E-state index in [0.717, 1.165) is 23.2 Å². The van der Waals surface area contributed by atoms with Crippen LogP contribution in [0, 0.1) is 0 Å². The van der Waals surface area contributed by atoms with Gasteiger partial charge >= 0.3 is 0 Å². The molecular formula is C18H19ClN2O2. The number of ether oxygens (including phenoxy) is 1. The minimum atomic E-state index is -0.0605. The van der Waals surface area contributed by atoms with E-state index in [0.29, 0.717) is 17.3 Å². The van der Waals surface area contributed by atoms with E-state index >= 15 is 0 Å². The molecular weight excluding hydrogens is 312 g/mol. The van der Waals surface area contributed by atoms with Gasteiger partial charge in [-0.1, -0.05) is 36.7 Å². The quantitative estimate of drug-likeness (QED) is 0.930. The molecule has 1 amide bonds. The zero-order chi connectivity index (χ0) is 16.4. The molecule has 0 aromatic heterocycles. The van der Waals surface area contributed by atoms with Crippen molar-refractivity contribution in [2.75, 3.05) is 11.5 Å². The highest BCUT2D eigenvalue weighted by atomic mass is 35.5. The monoisotopic (exact) mass is 330 g/mol. The summed E-state index contributed by atoms with van der Waals surface area (Å²) in [5.74, 6) is 0.653. The molecule has 0 bridgehead atoms. The molecule has 4 nitrogen and oxygen atoms in total. The van der Waals surface area contributed by atoms with Crippen molar-refractivity contribution in [2.24, 2.45) is 5.73 Å². The SMILES string of the molecule is CCC(N)c1ccc2c(c1)N(Cc1ccc(Cl)cc1)C(=O)CO2. The van der Waals surface area contributed by atoms with Crippen LogP contribution in [0.15, 0.2) is 42.5 Å². The molecule has 5 heteroatoms. The third kappa shape index (κ3) is 3.33. The van der Waals surface area contributed by atoms with Gasteiger partial charge in [-0.15, -0.1) is 0 Å². The number of benzene rings is 2. The lowest BCUT2D eigenvalue weighted by Gasteiger charge is -2.30. The fourth-order valence-electron chi connectivity index (χ4n) is 2.63. The molecule has 2 aromatic rings. The van der Waals surface area contributed by atoms with E-state index in [-0.39, 0.29) is 18.6 Å². The van der Waals surface area contributed by atoms with Gasteiger partial charge in [-0.3, -0.25) is 4.79 Å². The first-order chi connectivity index (χ1) is 11.1. The average molecular weight is 331 g/mol. The standard InChI is InChI=1S/C18H19ClN2O2/c1-2-15(20)13-5-8-17-16(9-13)21(18(22)11-23-17)10-12-3-6-14(19)7-4-12/h3-9,15H,2,10-11,20H2,1H3. The van der Waals surface area contributed by atoms with Crippen LogP contribution >= 0.6 is 11.6 Å². The third-order valence-electron chi connectivity index (χ3n) is 4.05. The zero-order valence-corrected chi connectivity index (χ0v) is 13.7. The Hall–Kier alpha value is -2.04. The summed E-state index contributed by atoms with van der Waals surface area (Å²) in [6.45, 7) is 2.58. The Morgan fingerprint density at radius 1 is 1.26 bits per heavy atom. The van der Waals surface area contributed by atoms with Gasteiger partial charge in [-0.2, -0.15) is 0 Å². The van der Waals surface area contributed by atoms with Crippen molar-refractivity contribution in [3.63, 3.8) is 0 Å². The van der Waals surface area contributed by atoms with Crippen molar-refractivity contribution in [3.8, 4) is 5.75 Å². The normalized spacial score (nSPS) is 15.1. The van der Waals surface area contributed by atoms with E-state index in [9.17, 15) is 4.79 Å². The summed E-state index contributed by atoms with van der Waals surface area (Å²) < 4.78 is 5.54. The number of nitrogens with two attached hydrogens (primary N) is 1. The van der Waals surface area contributed by atoms with Crippen molar-refractivity contribution >= 4 is 23.2 Å². The maximum atomic E-state index is 12.3. The molecule has 2 N–H and O–H groups in total. The molecule has 0 spiro atoms. The van der Waals surface area contributed by atoms with Gasteiger partial charge in [-0.25, -0.2) is 0 Å². The van der Waals surface area contributed by atoms with Crippen LogP contribution < -0.4 is 15.4 Å². The Bertz CT molecular complexity index is 715. The molecule has 0 aliphatic carbocycles. The first-order valence-electron chi connectivity index (χ1n) is 7.65. The van der Waals surface area contributed by atoms with Crippen molar-refractivity contribution in [1.82, 2.24) is 0 Å². The van der Waals surface area contributed by atoms with Crippen LogP contribution in [0.3, 0.4) is 0 Å². The maximum absolute atomic E-state index is 12.3. The molecule has 1 atom stereocenters. The second-order valence-electron chi connectivity index (χ2n) is 5.64. The predicted octanol–water partition coefficient (Wildman–Crippen LogP) is 3.68. The van der Waals surface area contributed by atoms with Gasteiger partial charge in [0.15, 0.2) is 6.61 Å². The Kier molecular flexibility index (Phi) is 4.55. The Morgan fingerprint density at radius 3 is 2.70 bits per heavy atom. The fraction of sp³-hybridized carbons (Fsp3) is 0.278. The van der Waals surface area contributed by atoms with Crippen LogP contribution in [0.2, 0.25) is 5.02 Å². The van der Waals surface area contributed by atoms with Crippen LogP contribution in [0.5, 0.6) is 5.75 Å². The molecule has 1 aliphatic rings. The van der Waals surface area contributed by atoms with Gasteiger partial charge in [0.2, 0.25) is 0 Å². The second-order valence-corrected chi connectivity index (χ2v) is 6.07. The lowest BCUT2D eigenvalue weighted by atomic mass is 10.0. The molecule has 1 unspecified atom stereocenters. The minimum absolute atomic E-state index is 0.0466. The highest BCUT2D eigenvalue weighted by Crippen LogP contribution is 2.35. The molecule has 0 radical (unpaired) electrons. The molecule has 23 heavy (non-hydrogen) atoms. The number of anilines is 1. The summed E-state index contributed by atoms with van der Waals surface area (Å²) in [7, 11) is 0. The highest BCUT2D eigenvalue weighted by molar-refractivity contribution is 6.30. The summed E-state index contributed by atoms with van der Waals surface area (Å²) in [6.07, 6.45) is 0.838. The lowest BCUT2D eigenvalue weighted by molar-refractivity contribution is -0.121. The molecule has 120 valence electrons. The van der Waals surface area contributed by atoms with Crippen molar-refractivity contribution in [3.05, 3.63) is 58.6 Å². The van der Waals surface area contributed by atoms with Gasteiger partial charge in [0.05, 0.1) is 12.2 Å². The number of amides is 1. The van der Waals surface area contributed by atoms with Crippen molar-refractivity contribution in [1.29, 1.82) is 0 Å². The van der Waals surface area contributed by atoms with E-state index in [1.54, 1.807) is 4.90 Å². The van der Waals surface area contributed by atoms with Gasteiger partial charge in [0.25, 0.3) is 5.91 Å². The first kappa shape index (κ1) is 15.8. The molecule has 0 fully saturated rings. The van der Waals surface area contributed by atoms with E-state index in [4.69, 9.17) is 22.1 Å². The summed E-state index contributed by atoms with van der Waals surface area (Å²) in [4.78, 5) is 14.1. The summed E-state index contributed by atoms with van der Waals surface area (Å²) in [5, 5.41) is 0.679. The maximum Gasteiger partial charge on any atom is 0.265 e. The number of halogens is 1. The molecule has 0 saturated heterocycles. The Morgan fingerprint density at radius 2 is 2.00 bits per heavy atom. The van der Waals surface area contributed by atoms with Gasteiger partial charge in [0, 0.05) is 11.1 Å². The Balaban J connectivity index is 1.94. The van der Waals surface area contributed by atoms with Crippen LogP contribution in [-0.2, 0) is 11.3 Å². The van der Waals surface area contributed by atoms with Crippen molar-refractivity contribution in [2.45, 2.75) is 25.9 Å². The van der Waals surface area contributed by atoms with Crippen LogP contribution in [0.4, 0.5) is 5.69 Å². The molecule has 1 aliphatic heterocycles. The van der Waals surface area contributed by atoms with Gasteiger partial charge in [-0.05, 0) is 41.8 Å². The minimum Gasteiger partial charge on any atom is -0.482 e. The number of fused-ring (bicyclic) bond motifs is 1. The highest BCUT2D eigenvalue weighted by Gasteiger charge is 2.26.